The van der Waals surface area contributed by atoms with Crippen LogP contribution in [-0.4, -0.2) is 27.4 Å². The lowest BCUT2D eigenvalue weighted by Crippen LogP contribution is -2.33. The Morgan fingerprint density at radius 1 is 1.31 bits per heavy atom. The van der Waals surface area contributed by atoms with Gasteiger partial charge < -0.3 is 4.90 Å². The molecule has 0 spiro atoms. The van der Waals surface area contributed by atoms with Crippen molar-refractivity contribution in [2.24, 2.45) is 0 Å². The summed E-state index contributed by atoms with van der Waals surface area (Å²) in [4.78, 5) is 19.6. The third-order valence-corrected chi connectivity index (χ3v) is 6.15. The summed E-state index contributed by atoms with van der Waals surface area (Å²) in [6.07, 6.45) is 5.04. The average Bonchev–Trinajstić information content (AvgIpc) is 3.27. The molecule has 4 rings (SSSR count). The molecule has 0 N–H and O–H groups in total. The van der Waals surface area contributed by atoms with Gasteiger partial charge in [0.2, 0.25) is 0 Å². The molecule has 0 aliphatic heterocycles. The molecular formula is C21H23N3OS. The van der Waals surface area contributed by atoms with Gasteiger partial charge in [0.1, 0.15) is 0 Å². The number of benzene rings is 1. The quantitative estimate of drug-likeness (QED) is 0.675. The van der Waals surface area contributed by atoms with E-state index in [4.69, 9.17) is 0 Å². The van der Waals surface area contributed by atoms with Gasteiger partial charge in [-0.3, -0.25) is 9.36 Å². The van der Waals surface area contributed by atoms with E-state index in [0.29, 0.717) is 0 Å². The lowest BCUT2D eigenvalue weighted by Gasteiger charge is -2.33. The monoisotopic (exact) mass is 365 g/mol. The molecule has 1 aromatic carbocycles. The van der Waals surface area contributed by atoms with Crippen LogP contribution in [-0.2, 0) is 6.42 Å². The summed E-state index contributed by atoms with van der Waals surface area (Å²) in [6.45, 7) is 4.03. The summed E-state index contributed by atoms with van der Waals surface area (Å²) in [7, 11) is 1.94. The smallest absolute Gasteiger partial charge is 0.255 e. The molecule has 1 amide bonds. The van der Waals surface area contributed by atoms with Crippen molar-refractivity contribution in [2.75, 3.05) is 7.05 Å². The van der Waals surface area contributed by atoms with Gasteiger partial charge in [-0.25, -0.2) is 4.98 Å². The highest BCUT2D eigenvalue weighted by Crippen LogP contribution is 2.35. The highest BCUT2D eigenvalue weighted by atomic mass is 32.1. The first kappa shape index (κ1) is 17.0. The van der Waals surface area contributed by atoms with Crippen LogP contribution in [0.3, 0.4) is 0 Å². The fraction of sp³-hybridized carbons (Fsp3) is 0.333. The summed E-state index contributed by atoms with van der Waals surface area (Å²) in [5.74, 6) is 0.0857. The zero-order valence-electron chi connectivity index (χ0n) is 15.4. The maximum Gasteiger partial charge on any atom is 0.255 e. The van der Waals surface area contributed by atoms with Crippen LogP contribution in [0, 0.1) is 13.8 Å². The van der Waals surface area contributed by atoms with E-state index in [-0.39, 0.29) is 11.9 Å². The summed E-state index contributed by atoms with van der Waals surface area (Å²) in [5.41, 5.74) is 5.43. The van der Waals surface area contributed by atoms with Gasteiger partial charge in [-0.1, -0.05) is 24.3 Å². The van der Waals surface area contributed by atoms with Crippen molar-refractivity contribution in [2.45, 2.75) is 39.2 Å². The number of thiazole rings is 1. The molecule has 0 unspecified atom stereocenters. The van der Waals surface area contributed by atoms with Crippen LogP contribution in [0.25, 0.3) is 5.13 Å². The van der Waals surface area contributed by atoms with Crippen LogP contribution < -0.4 is 0 Å². The van der Waals surface area contributed by atoms with E-state index in [1.54, 1.807) is 17.5 Å². The predicted molar refractivity (Wildman–Crippen MR) is 105 cm³/mol. The van der Waals surface area contributed by atoms with Crippen LogP contribution in [0.2, 0.25) is 0 Å². The first-order valence-corrected chi connectivity index (χ1v) is 9.89. The minimum Gasteiger partial charge on any atom is -0.335 e. The number of aryl methyl sites for hydroxylation is 2. The van der Waals surface area contributed by atoms with Gasteiger partial charge in [0.25, 0.3) is 5.91 Å². The van der Waals surface area contributed by atoms with Crippen molar-refractivity contribution in [1.82, 2.24) is 14.5 Å². The highest BCUT2D eigenvalue weighted by molar-refractivity contribution is 7.12. The topological polar surface area (TPSA) is 38.1 Å². The molecule has 2 aromatic heterocycles. The van der Waals surface area contributed by atoms with Gasteiger partial charge in [0.15, 0.2) is 5.13 Å². The molecule has 1 atom stereocenters. The second kappa shape index (κ2) is 6.72. The molecule has 0 radical (unpaired) electrons. The third kappa shape index (κ3) is 2.76. The number of hydrogen-bond donors (Lipinski definition) is 0. The maximum absolute atomic E-state index is 13.3. The molecule has 3 aromatic rings. The largest absolute Gasteiger partial charge is 0.335 e. The van der Waals surface area contributed by atoms with E-state index in [9.17, 15) is 4.79 Å². The molecule has 0 saturated heterocycles. The summed E-state index contributed by atoms with van der Waals surface area (Å²) < 4.78 is 2.07. The Morgan fingerprint density at radius 2 is 2.12 bits per heavy atom. The molecule has 0 bridgehead atoms. The summed E-state index contributed by atoms with van der Waals surface area (Å²) >= 11 is 1.58. The maximum atomic E-state index is 13.3. The molecule has 4 nitrogen and oxygen atoms in total. The highest BCUT2D eigenvalue weighted by Gasteiger charge is 2.29. The number of carbonyl (C=O) groups is 1. The van der Waals surface area contributed by atoms with Crippen molar-refractivity contribution in [1.29, 1.82) is 0 Å². The van der Waals surface area contributed by atoms with Gasteiger partial charge in [-0.2, -0.15) is 0 Å². The summed E-state index contributed by atoms with van der Waals surface area (Å²) in [5, 5.41) is 2.87. The predicted octanol–water partition coefficient (Wildman–Crippen LogP) is 4.70. The van der Waals surface area contributed by atoms with Crippen LogP contribution in [0.5, 0.6) is 0 Å². The minimum atomic E-state index is 0.0857. The second-order valence-electron chi connectivity index (χ2n) is 6.96. The van der Waals surface area contributed by atoms with Gasteiger partial charge in [-0.15, -0.1) is 11.3 Å². The van der Waals surface area contributed by atoms with E-state index < -0.39 is 0 Å². The lowest BCUT2D eigenvalue weighted by atomic mass is 9.87. The van der Waals surface area contributed by atoms with Gasteiger partial charge in [-0.05, 0) is 50.3 Å². The molecule has 1 aliphatic carbocycles. The van der Waals surface area contributed by atoms with Crippen molar-refractivity contribution in [3.8, 4) is 5.13 Å². The molecule has 26 heavy (non-hydrogen) atoms. The number of rotatable bonds is 3. The Labute approximate surface area is 158 Å². The summed E-state index contributed by atoms with van der Waals surface area (Å²) in [6, 6.07) is 10.7. The van der Waals surface area contributed by atoms with E-state index >= 15 is 0 Å². The zero-order valence-corrected chi connectivity index (χ0v) is 16.2. The van der Waals surface area contributed by atoms with Crippen molar-refractivity contribution < 1.29 is 4.79 Å². The average molecular weight is 366 g/mol. The fourth-order valence-corrected chi connectivity index (χ4v) is 4.81. The van der Waals surface area contributed by atoms with E-state index in [1.807, 2.05) is 37.2 Å². The zero-order chi connectivity index (χ0) is 18.3. The van der Waals surface area contributed by atoms with E-state index in [0.717, 1.165) is 41.3 Å². The Balaban J connectivity index is 1.68. The molecule has 0 fully saturated rings. The van der Waals surface area contributed by atoms with Gasteiger partial charge >= 0.3 is 0 Å². The third-order valence-electron chi connectivity index (χ3n) is 5.40. The van der Waals surface area contributed by atoms with Crippen LogP contribution in [0.15, 0.2) is 41.9 Å². The van der Waals surface area contributed by atoms with Gasteiger partial charge in [0, 0.05) is 30.0 Å². The second-order valence-corrected chi connectivity index (χ2v) is 7.83. The van der Waals surface area contributed by atoms with Crippen LogP contribution in [0.4, 0.5) is 0 Å². The van der Waals surface area contributed by atoms with Crippen molar-refractivity contribution in [3.05, 3.63) is 70.0 Å². The number of amides is 1. The molecule has 5 heteroatoms. The molecule has 2 heterocycles. The van der Waals surface area contributed by atoms with E-state index in [1.165, 1.54) is 11.1 Å². The number of nitrogens with zero attached hydrogens (tertiary/aromatic N) is 3. The number of carbonyl (C=O) groups excluding carboxylic acids is 1. The van der Waals surface area contributed by atoms with E-state index in [2.05, 4.69) is 33.8 Å². The number of hydrogen-bond acceptors (Lipinski definition) is 3. The Kier molecular flexibility index (Phi) is 4.41. The molecule has 0 saturated carbocycles. The Morgan fingerprint density at radius 3 is 2.88 bits per heavy atom. The van der Waals surface area contributed by atoms with Gasteiger partial charge in [0.05, 0.1) is 11.6 Å². The fourth-order valence-electron chi connectivity index (χ4n) is 4.06. The minimum absolute atomic E-state index is 0.0857. The van der Waals surface area contributed by atoms with Crippen molar-refractivity contribution in [3.63, 3.8) is 0 Å². The standard InChI is InChI=1S/C21H23N3OS/c1-14-13-18(15(2)24(14)21-22-11-12-26-21)20(25)23(3)19-10-6-8-16-7-4-5-9-17(16)19/h4-5,7,9,11-13,19H,6,8,10H2,1-3H3/t19-/m1/s1. The number of fused-ring (bicyclic) bond motifs is 1. The first-order valence-electron chi connectivity index (χ1n) is 9.01. The lowest BCUT2D eigenvalue weighted by molar-refractivity contribution is 0.0714. The van der Waals surface area contributed by atoms with Crippen LogP contribution in [0.1, 0.15) is 51.8 Å². The molecule has 134 valence electrons. The van der Waals surface area contributed by atoms with Crippen LogP contribution >= 0.6 is 11.3 Å². The Bertz CT molecular complexity index is 942. The first-order chi connectivity index (χ1) is 12.6. The molecule has 1 aliphatic rings. The Hall–Kier alpha value is -2.40. The SMILES string of the molecule is Cc1cc(C(=O)N(C)[C@@H]2CCCc3ccccc32)c(C)n1-c1nccs1. The number of aromatic nitrogens is 2. The van der Waals surface area contributed by atoms with Crippen molar-refractivity contribution >= 4 is 17.2 Å². The normalized spacial score (nSPS) is 16.3. The molecular weight excluding hydrogens is 342 g/mol.